The third kappa shape index (κ3) is 2.40. The number of hydrogen-bond acceptors (Lipinski definition) is 1. The van der Waals surface area contributed by atoms with Gasteiger partial charge in [0.25, 0.3) is 0 Å². The van der Waals surface area contributed by atoms with Crippen LogP contribution in [-0.2, 0) is 0 Å². The molecule has 1 fully saturated rings. The zero-order chi connectivity index (χ0) is 10.7. The topological polar surface area (TPSA) is 23.6 Å². The molecule has 1 saturated heterocycles. The normalized spacial score (nSPS) is 27.6. The predicted octanol–water partition coefficient (Wildman–Crippen LogP) is 2.18. The maximum Gasteiger partial charge on any atom is 0.319 e. The van der Waals surface area contributed by atoms with Gasteiger partial charge in [0.2, 0.25) is 0 Å². The molecule has 0 aromatic rings. The predicted molar refractivity (Wildman–Crippen MR) is 58.3 cm³/mol. The summed E-state index contributed by atoms with van der Waals surface area (Å²) >= 11 is 0. The maximum atomic E-state index is 11.9. The average molecular weight is 198 g/mol. The van der Waals surface area contributed by atoms with Crippen molar-refractivity contribution in [3.05, 3.63) is 0 Å². The highest BCUT2D eigenvalue weighted by Crippen LogP contribution is 2.22. The molecule has 0 aliphatic carbocycles. The van der Waals surface area contributed by atoms with Gasteiger partial charge in [-0.15, -0.1) is 0 Å². The van der Waals surface area contributed by atoms with E-state index in [0.717, 1.165) is 31.8 Å². The van der Waals surface area contributed by atoms with E-state index >= 15 is 0 Å². The first kappa shape index (κ1) is 11.3. The fourth-order valence-electron chi connectivity index (χ4n) is 2.05. The number of rotatable bonds is 1. The van der Waals surface area contributed by atoms with Crippen LogP contribution in [0.15, 0.2) is 0 Å². The first-order valence-electron chi connectivity index (χ1n) is 5.58. The summed E-state index contributed by atoms with van der Waals surface area (Å²) < 4.78 is 0. The summed E-state index contributed by atoms with van der Waals surface area (Å²) in [6.07, 6.45) is 2.29. The minimum atomic E-state index is 0.187. The van der Waals surface area contributed by atoms with Crippen molar-refractivity contribution in [2.45, 2.75) is 39.7 Å². The first-order valence-corrected chi connectivity index (χ1v) is 5.58. The number of hydrogen-bond donors (Lipinski definition) is 0. The van der Waals surface area contributed by atoms with E-state index < -0.39 is 0 Å². The van der Waals surface area contributed by atoms with E-state index in [-0.39, 0.29) is 6.03 Å². The summed E-state index contributed by atoms with van der Waals surface area (Å²) in [5.41, 5.74) is 0. The van der Waals surface area contributed by atoms with Crippen LogP contribution < -0.4 is 0 Å². The highest BCUT2D eigenvalue weighted by Gasteiger charge is 2.27. The molecule has 2 amide bonds. The average Bonchev–Trinajstić information content (AvgIpc) is 2.15. The number of urea groups is 1. The molecule has 0 aromatic heterocycles. The standard InChI is InChI=1S/C11H22N2O/c1-5-12(4)11(14)13-7-6-9(2)8-10(13)3/h9-10H,5-8H2,1-4H3. The molecular formula is C11H22N2O. The largest absolute Gasteiger partial charge is 0.328 e. The van der Waals surface area contributed by atoms with Gasteiger partial charge in [0.15, 0.2) is 0 Å². The summed E-state index contributed by atoms with van der Waals surface area (Å²) in [6, 6.07) is 0.590. The van der Waals surface area contributed by atoms with Crippen molar-refractivity contribution in [2.24, 2.45) is 5.92 Å². The van der Waals surface area contributed by atoms with Crippen molar-refractivity contribution >= 4 is 6.03 Å². The second kappa shape index (κ2) is 4.67. The van der Waals surface area contributed by atoms with E-state index in [1.807, 2.05) is 18.9 Å². The van der Waals surface area contributed by atoms with Crippen LogP contribution in [0.5, 0.6) is 0 Å². The first-order chi connectivity index (χ1) is 6.56. The molecule has 0 spiro atoms. The molecule has 2 atom stereocenters. The lowest BCUT2D eigenvalue weighted by Crippen LogP contribution is -2.49. The fraction of sp³-hybridized carbons (Fsp3) is 0.909. The summed E-state index contributed by atoms with van der Waals surface area (Å²) in [5.74, 6) is 0.765. The molecule has 14 heavy (non-hydrogen) atoms. The summed E-state index contributed by atoms with van der Waals surface area (Å²) in [7, 11) is 1.87. The Morgan fingerprint density at radius 3 is 2.64 bits per heavy atom. The number of carbonyl (C=O) groups excluding carboxylic acids is 1. The highest BCUT2D eigenvalue weighted by atomic mass is 16.2. The SMILES string of the molecule is CCN(C)C(=O)N1CCC(C)CC1C. The Bertz CT molecular complexity index is 205. The van der Waals surface area contributed by atoms with Crippen molar-refractivity contribution < 1.29 is 4.79 Å². The van der Waals surface area contributed by atoms with Gasteiger partial charge in [-0.1, -0.05) is 6.92 Å². The molecule has 0 saturated carbocycles. The van der Waals surface area contributed by atoms with E-state index in [9.17, 15) is 4.79 Å². The van der Waals surface area contributed by atoms with Crippen LogP contribution in [0, 0.1) is 5.92 Å². The maximum absolute atomic E-state index is 11.9. The lowest BCUT2D eigenvalue weighted by atomic mass is 9.94. The van der Waals surface area contributed by atoms with E-state index in [2.05, 4.69) is 13.8 Å². The zero-order valence-corrected chi connectivity index (χ0v) is 9.79. The van der Waals surface area contributed by atoms with Gasteiger partial charge in [-0.2, -0.15) is 0 Å². The number of amides is 2. The van der Waals surface area contributed by atoms with E-state index in [1.54, 1.807) is 4.90 Å². The molecule has 3 heteroatoms. The second-order valence-electron chi connectivity index (χ2n) is 4.47. The van der Waals surface area contributed by atoms with Gasteiger partial charge < -0.3 is 9.80 Å². The van der Waals surface area contributed by atoms with Crippen molar-refractivity contribution in [3.63, 3.8) is 0 Å². The van der Waals surface area contributed by atoms with Crippen LogP contribution in [0.25, 0.3) is 0 Å². The Labute approximate surface area is 87.1 Å². The van der Waals surface area contributed by atoms with Gasteiger partial charge in [-0.05, 0) is 32.6 Å². The van der Waals surface area contributed by atoms with Crippen molar-refractivity contribution in [2.75, 3.05) is 20.1 Å². The van der Waals surface area contributed by atoms with Crippen LogP contribution in [0.4, 0.5) is 4.79 Å². The van der Waals surface area contributed by atoms with Gasteiger partial charge in [0.05, 0.1) is 0 Å². The second-order valence-corrected chi connectivity index (χ2v) is 4.47. The molecule has 1 heterocycles. The quantitative estimate of drug-likeness (QED) is 0.633. The van der Waals surface area contributed by atoms with Crippen molar-refractivity contribution in [3.8, 4) is 0 Å². The zero-order valence-electron chi connectivity index (χ0n) is 9.79. The molecule has 0 radical (unpaired) electrons. The van der Waals surface area contributed by atoms with Crippen LogP contribution in [0.2, 0.25) is 0 Å². The van der Waals surface area contributed by atoms with Gasteiger partial charge in [0, 0.05) is 26.2 Å². The summed E-state index contributed by atoms with van der Waals surface area (Å²) in [5, 5.41) is 0. The number of likely N-dealkylation sites (tertiary alicyclic amines) is 1. The Kier molecular flexibility index (Phi) is 3.78. The monoisotopic (exact) mass is 198 g/mol. The fourth-order valence-corrected chi connectivity index (χ4v) is 2.05. The molecule has 0 aromatic carbocycles. The summed E-state index contributed by atoms with van der Waals surface area (Å²) in [6.45, 7) is 8.14. The number of carbonyl (C=O) groups is 1. The molecule has 82 valence electrons. The molecule has 0 bridgehead atoms. The lowest BCUT2D eigenvalue weighted by molar-refractivity contribution is 0.115. The van der Waals surface area contributed by atoms with Crippen LogP contribution in [0.3, 0.4) is 0 Å². The van der Waals surface area contributed by atoms with Crippen LogP contribution in [0.1, 0.15) is 33.6 Å². The molecule has 1 aliphatic heterocycles. The molecule has 3 nitrogen and oxygen atoms in total. The van der Waals surface area contributed by atoms with Crippen LogP contribution >= 0.6 is 0 Å². The molecule has 0 N–H and O–H groups in total. The van der Waals surface area contributed by atoms with E-state index in [0.29, 0.717) is 6.04 Å². The van der Waals surface area contributed by atoms with Crippen LogP contribution in [-0.4, -0.2) is 42.0 Å². The van der Waals surface area contributed by atoms with E-state index in [4.69, 9.17) is 0 Å². The third-order valence-corrected chi connectivity index (χ3v) is 3.18. The lowest BCUT2D eigenvalue weighted by Gasteiger charge is -2.38. The Morgan fingerprint density at radius 2 is 2.14 bits per heavy atom. The van der Waals surface area contributed by atoms with Gasteiger partial charge in [0.1, 0.15) is 0 Å². The Hall–Kier alpha value is -0.730. The Balaban J connectivity index is 2.55. The highest BCUT2D eigenvalue weighted by molar-refractivity contribution is 5.74. The number of piperidine rings is 1. The summed E-state index contributed by atoms with van der Waals surface area (Å²) in [4.78, 5) is 15.7. The Morgan fingerprint density at radius 1 is 1.50 bits per heavy atom. The minimum absolute atomic E-state index is 0.187. The third-order valence-electron chi connectivity index (χ3n) is 3.18. The number of nitrogens with zero attached hydrogens (tertiary/aromatic N) is 2. The van der Waals surface area contributed by atoms with Crippen molar-refractivity contribution in [1.82, 2.24) is 9.80 Å². The molecule has 1 aliphatic rings. The molecular weight excluding hydrogens is 176 g/mol. The van der Waals surface area contributed by atoms with Gasteiger partial charge in [-0.25, -0.2) is 4.79 Å². The molecule has 1 rings (SSSR count). The van der Waals surface area contributed by atoms with Gasteiger partial charge >= 0.3 is 6.03 Å². The van der Waals surface area contributed by atoms with Gasteiger partial charge in [-0.3, -0.25) is 0 Å². The van der Waals surface area contributed by atoms with E-state index in [1.165, 1.54) is 0 Å². The smallest absolute Gasteiger partial charge is 0.319 e. The van der Waals surface area contributed by atoms with Crippen molar-refractivity contribution in [1.29, 1.82) is 0 Å². The molecule has 2 unspecified atom stereocenters. The minimum Gasteiger partial charge on any atom is -0.328 e.